The van der Waals surface area contributed by atoms with E-state index in [0.29, 0.717) is 10.7 Å². The number of benzene rings is 1. The second-order valence-corrected chi connectivity index (χ2v) is 5.16. The van der Waals surface area contributed by atoms with Gasteiger partial charge in [0, 0.05) is 5.69 Å². The number of aromatic nitrogens is 2. The van der Waals surface area contributed by atoms with E-state index in [-0.39, 0.29) is 11.0 Å². The van der Waals surface area contributed by atoms with Crippen molar-refractivity contribution in [1.82, 2.24) is 9.97 Å². The van der Waals surface area contributed by atoms with Crippen LogP contribution in [0.5, 0.6) is 0 Å². The Morgan fingerprint density at radius 1 is 1.22 bits per heavy atom. The fraction of sp³-hybridized carbons (Fsp3) is 0.154. The molecule has 23 heavy (non-hydrogen) atoms. The average molecular weight is 362 g/mol. The van der Waals surface area contributed by atoms with Gasteiger partial charge in [-0.25, -0.2) is 4.98 Å². The van der Waals surface area contributed by atoms with Crippen molar-refractivity contribution in [3.63, 3.8) is 0 Å². The standard InChI is InChI=1S/C13H8Cl2F3N5/c14-7-2-1-6(5-8(7)15)21-12-22-9(3-4-19)10(11(20)23-12)13(16,17)18/h1-2,5H,3H2,(H3,20,21,22,23). The van der Waals surface area contributed by atoms with Gasteiger partial charge in [0.25, 0.3) is 0 Å². The molecule has 3 N–H and O–H groups in total. The van der Waals surface area contributed by atoms with Gasteiger partial charge in [0.15, 0.2) is 0 Å². The second kappa shape index (κ2) is 6.48. The Morgan fingerprint density at radius 3 is 2.48 bits per heavy atom. The molecular formula is C13H8Cl2F3N5. The zero-order valence-electron chi connectivity index (χ0n) is 11.2. The Balaban J connectivity index is 2.44. The summed E-state index contributed by atoms with van der Waals surface area (Å²) < 4.78 is 38.9. The van der Waals surface area contributed by atoms with Crippen molar-refractivity contribution in [3.05, 3.63) is 39.5 Å². The quantitative estimate of drug-likeness (QED) is 0.855. The molecule has 0 bridgehead atoms. The summed E-state index contributed by atoms with van der Waals surface area (Å²) in [7, 11) is 0. The number of nitrogen functional groups attached to an aromatic ring is 1. The van der Waals surface area contributed by atoms with Crippen molar-refractivity contribution >= 4 is 40.7 Å². The highest BCUT2D eigenvalue weighted by molar-refractivity contribution is 6.42. The van der Waals surface area contributed by atoms with Crippen LogP contribution in [0.25, 0.3) is 0 Å². The molecule has 0 aliphatic heterocycles. The molecule has 0 spiro atoms. The fourth-order valence-corrected chi connectivity index (χ4v) is 2.10. The molecule has 10 heteroatoms. The third kappa shape index (κ3) is 3.94. The van der Waals surface area contributed by atoms with Crippen LogP contribution in [0.2, 0.25) is 10.0 Å². The Bertz CT molecular complexity index is 786. The first-order chi connectivity index (χ1) is 10.7. The third-order valence-electron chi connectivity index (χ3n) is 2.72. The number of nitrogens with one attached hydrogen (secondary N) is 1. The van der Waals surface area contributed by atoms with E-state index < -0.39 is 29.7 Å². The molecule has 5 nitrogen and oxygen atoms in total. The van der Waals surface area contributed by atoms with Crippen molar-refractivity contribution < 1.29 is 13.2 Å². The molecule has 0 radical (unpaired) electrons. The molecule has 0 aliphatic rings. The molecule has 1 aromatic carbocycles. The van der Waals surface area contributed by atoms with Gasteiger partial charge in [0.05, 0.1) is 28.2 Å². The fourth-order valence-electron chi connectivity index (χ4n) is 1.80. The van der Waals surface area contributed by atoms with Crippen molar-refractivity contribution in [2.24, 2.45) is 0 Å². The predicted molar refractivity (Wildman–Crippen MR) is 80.5 cm³/mol. The Kier molecular flexibility index (Phi) is 4.82. The monoisotopic (exact) mass is 361 g/mol. The lowest BCUT2D eigenvalue weighted by molar-refractivity contribution is -0.137. The summed E-state index contributed by atoms with van der Waals surface area (Å²) in [5, 5.41) is 11.9. The van der Waals surface area contributed by atoms with E-state index >= 15 is 0 Å². The van der Waals surface area contributed by atoms with Crippen LogP contribution in [-0.2, 0) is 12.6 Å². The van der Waals surface area contributed by atoms with Crippen LogP contribution >= 0.6 is 23.2 Å². The summed E-state index contributed by atoms with van der Waals surface area (Å²) in [5.74, 6) is -0.945. The van der Waals surface area contributed by atoms with Gasteiger partial charge in [0.2, 0.25) is 5.95 Å². The largest absolute Gasteiger partial charge is 0.421 e. The minimum Gasteiger partial charge on any atom is -0.383 e. The molecule has 2 rings (SSSR count). The molecule has 0 fully saturated rings. The van der Waals surface area contributed by atoms with Gasteiger partial charge < -0.3 is 11.1 Å². The highest BCUT2D eigenvalue weighted by atomic mass is 35.5. The van der Waals surface area contributed by atoms with Crippen molar-refractivity contribution in [2.45, 2.75) is 12.6 Å². The molecule has 1 aromatic heterocycles. The van der Waals surface area contributed by atoms with Crippen molar-refractivity contribution in [3.8, 4) is 6.07 Å². The summed E-state index contributed by atoms with van der Waals surface area (Å²) >= 11 is 11.6. The zero-order valence-corrected chi connectivity index (χ0v) is 12.8. The topological polar surface area (TPSA) is 87.6 Å². The number of nitrogens with two attached hydrogens (primary N) is 1. The molecule has 0 saturated carbocycles. The smallest absolute Gasteiger partial charge is 0.383 e. The van der Waals surface area contributed by atoms with Crippen LogP contribution in [0.3, 0.4) is 0 Å². The van der Waals surface area contributed by atoms with E-state index in [2.05, 4.69) is 15.3 Å². The van der Waals surface area contributed by atoms with E-state index in [1.807, 2.05) is 0 Å². The van der Waals surface area contributed by atoms with Gasteiger partial charge >= 0.3 is 6.18 Å². The maximum absolute atomic E-state index is 13.0. The third-order valence-corrected chi connectivity index (χ3v) is 3.46. The van der Waals surface area contributed by atoms with E-state index in [4.69, 9.17) is 34.2 Å². The normalized spacial score (nSPS) is 11.1. The first kappa shape index (κ1) is 17.1. The second-order valence-electron chi connectivity index (χ2n) is 4.34. The van der Waals surface area contributed by atoms with Crippen molar-refractivity contribution in [2.75, 3.05) is 11.1 Å². The number of hydrogen-bond donors (Lipinski definition) is 2. The van der Waals surface area contributed by atoms with Crippen LogP contribution < -0.4 is 11.1 Å². The maximum Gasteiger partial charge on any atom is 0.421 e. The lowest BCUT2D eigenvalue weighted by Crippen LogP contribution is -2.17. The van der Waals surface area contributed by atoms with E-state index in [1.165, 1.54) is 18.2 Å². The van der Waals surface area contributed by atoms with E-state index in [9.17, 15) is 13.2 Å². The molecule has 0 saturated heterocycles. The number of nitrogens with zero attached hydrogens (tertiary/aromatic N) is 3. The van der Waals surface area contributed by atoms with Crippen molar-refractivity contribution in [1.29, 1.82) is 5.26 Å². The molecule has 2 aromatic rings. The summed E-state index contributed by atoms with van der Waals surface area (Å²) in [6, 6.07) is 6.10. The average Bonchev–Trinajstić information content (AvgIpc) is 2.41. The molecule has 0 aliphatic carbocycles. The first-order valence-electron chi connectivity index (χ1n) is 6.05. The highest BCUT2D eigenvalue weighted by Crippen LogP contribution is 2.36. The number of alkyl halides is 3. The SMILES string of the molecule is N#CCc1nc(Nc2ccc(Cl)c(Cl)c2)nc(N)c1C(F)(F)F. The Hall–Kier alpha value is -2.24. The minimum absolute atomic E-state index is 0.181. The molecule has 1 heterocycles. The molecule has 0 atom stereocenters. The van der Waals surface area contributed by atoms with Gasteiger partial charge in [-0.15, -0.1) is 0 Å². The highest BCUT2D eigenvalue weighted by Gasteiger charge is 2.37. The van der Waals surface area contributed by atoms with Crippen LogP contribution in [0.15, 0.2) is 18.2 Å². The molecule has 120 valence electrons. The number of anilines is 3. The van der Waals surface area contributed by atoms with Gasteiger partial charge in [-0.2, -0.15) is 23.4 Å². The lowest BCUT2D eigenvalue weighted by atomic mass is 10.1. The number of halogens is 5. The Morgan fingerprint density at radius 2 is 1.91 bits per heavy atom. The van der Waals surface area contributed by atoms with Crippen LogP contribution in [0.4, 0.5) is 30.6 Å². The van der Waals surface area contributed by atoms with Crippen LogP contribution in [0.1, 0.15) is 11.3 Å². The molecular weight excluding hydrogens is 354 g/mol. The van der Waals surface area contributed by atoms with Gasteiger partial charge in [-0.05, 0) is 18.2 Å². The number of hydrogen-bond acceptors (Lipinski definition) is 5. The van der Waals surface area contributed by atoms with Crippen LogP contribution in [-0.4, -0.2) is 9.97 Å². The molecule has 0 amide bonds. The summed E-state index contributed by atoms with van der Waals surface area (Å²) in [6.45, 7) is 0. The van der Waals surface area contributed by atoms with E-state index in [1.54, 1.807) is 6.07 Å². The zero-order chi connectivity index (χ0) is 17.2. The van der Waals surface area contributed by atoms with Gasteiger partial charge in [-0.1, -0.05) is 23.2 Å². The minimum atomic E-state index is -4.75. The Labute approximate surface area is 138 Å². The van der Waals surface area contributed by atoms with Gasteiger partial charge in [-0.3, -0.25) is 0 Å². The molecule has 0 unspecified atom stereocenters. The first-order valence-corrected chi connectivity index (χ1v) is 6.80. The summed E-state index contributed by atoms with van der Waals surface area (Å²) in [6.07, 6.45) is -5.31. The lowest BCUT2D eigenvalue weighted by Gasteiger charge is -2.14. The number of rotatable bonds is 3. The summed E-state index contributed by atoms with van der Waals surface area (Å²) in [4.78, 5) is 7.30. The van der Waals surface area contributed by atoms with Crippen LogP contribution in [0, 0.1) is 11.3 Å². The van der Waals surface area contributed by atoms with Gasteiger partial charge in [0.1, 0.15) is 11.4 Å². The predicted octanol–water partition coefficient (Wildman–Crippen LogP) is 4.19. The summed E-state index contributed by atoms with van der Waals surface area (Å²) in [5.41, 5.74) is 4.07. The van der Waals surface area contributed by atoms with E-state index in [0.717, 1.165) is 0 Å². The maximum atomic E-state index is 13.0. The number of nitriles is 1.